The zero-order valence-corrected chi connectivity index (χ0v) is 7.04. The largest absolute Gasteiger partial charge is 0.398 e. The third-order valence-electron chi connectivity index (χ3n) is 2.26. The van der Waals surface area contributed by atoms with Crippen molar-refractivity contribution in [2.24, 2.45) is 0 Å². The number of fused-ring (bicyclic) bond motifs is 1. The van der Waals surface area contributed by atoms with Gasteiger partial charge in [-0.15, -0.1) is 0 Å². The van der Waals surface area contributed by atoms with Crippen molar-refractivity contribution in [3.63, 3.8) is 0 Å². The van der Waals surface area contributed by atoms with Crippen LogP contribution in [0, 0.1) is 0 Å². The molecule has 3 heteroatoms. The molecule has 1 aromatic carbocycles. The van der Waals surface area contributed by atoms with Crippen LogP contribution in [0.25, 0.3) is 0 Å². The van der Waals surface area contributed by atoms with Crippen molar-refractivity contribution in [1.82, 2.24) is 0 Å². The van der Waals surface area contributed by atoms with Crippen molar-refractivity contribution < 1.29 is 9.59 Å². The quantitative estimate of drug-likeness (QED) is 0.607. The second-order valence-electron chi connectivity index (χ2n) is 3.12. The lowest BCUT2D eigenvalue weighted by Crippen LogP contribution is -2.18. The van der Waals surface area contributed by atoms with Crippen LogP contribution in [0.1, 0.15) is 33.6 Å². The van der Waals surface area contributed by atoms with Gasteiger partial charge in [-0.3, -0.25) is 9.59 Å². The van der Waals surface area contributed by atoms with E-state index in [4.69, 9.17) is 5.73 Å². The van der Waals surface area contributed by atoms with E-state index < -0.39 is 0 Å². The molecule has 13 heavy (non-hydrogen) atoms. The van der Waals surface area contributed by atoms with Gasteiger partial charge in [-0.2, -0.15) is 0 Å². The lowest BCUT2D eigenvalue weighted by Gasteiger charge is -2.14. The van der Waals surface area contributed by atoms with E-state index in [-0.39, 0.29) is 11.6 Å². The number of carbonyl (C=O) groups excluding carboxylic acids is 2. The van der Waals surface area contributed by atoms with Gasteiger partial charge in [0.2, 0.25) is 0 Å². The minimum Gasteiger partial charge on any atom is -0.398 e. The fourth-order valence-corrected chi connectivity index (χ4v) is 1.60. The van der Waals surface area contributed by atoms with Crippen molar-refractivity contribution in [3.8, 4) is 0 Å². The van der Waals surface area contributed by atoms with E-state index in [2.05, 4.69) is 0 Å². The molecule has 0 aliphatic heterocycles. The summed E-state index contributed by atoms with van der Waals surface area (Å²) in [5.41, 5.74) is 6.93. The maximum Gasteiger partial charge on any atom is 0.166 e. The van der Waals surface area contributed by atoms with Gasteiger partial charge in [0.05, 0.1) is 5.56 Å². The topological polar surface area (TPSA) is 60.2 Å². The van der Waals surface area contributed by atoms with E-state index in [1.807, 2.05) is 0 Å². The summed E-state index contributed by atoms with van der Waals surface area (Å²) in [7, 11) is 0. The van der Waals surface area contributed by atoms with Crippen LogP contribution in [-0.2, 0) is 0 Å². The van der Waals surface area contributed by atoms with E-state index in [0.29, 0.717) is 29.7 Å². The smallest absolute Gasteiger partial charge is 0.166 e. The van der Waals surface area contributed by atoms with Crippen molar-refractivity contribution in [2.45, 2.75) is 12.8 Å². The molecule has 0 unspecified atom stereocenters. The van der Waals surface area contributed by atoms with E-state index in [1.54, 1.807) is 18.2 Å². The van der Waals surface area contributed by atoms with Gasteiger partial charge in [-0.05, 0) is 6.07 Å². The highest BCUT2D eigenvalue weighted by Gasteiger charge is 2.24. The maximum atomic E-state index is 11.4. The number of carbonyl (C=O) groups is 2. The second kappa shape index (κ2) is 2.69. The molecular weight excluding hydrogens is 166 g/mol. The number of hydrogen-bond acceptors (Lipinski definition) is 3. The third-order valence-corrected chi connectivity index (χ3v) is 2.26. The van der Waals surface area contributed by atoms with Crippen LogP contribution in [-0.4, -0.2) is 11.6 Å². The van der Waals surface area contributed by atoms with Gasteiger partial charge < -0.3 is 5.73 Å². The SMILES string of the molecule is Nc1cccc2c1C(=O)CCC2=O. The van der Waals surface area contributed by atoms with Crippen LogP contribution in [0.2, 0.25) is 0 Å². The fourth-order valence-electron chi connectivity index (χ4n) is 1.60. The summed E-state index contributed by atoms with van der Waals surface area (Å²) in [5, 5.41) is 0. The Labute approximate surface area is 75.5 Å². The van der Waals surface area contributed by atoms with Crippen LogP contribution in [0.15, 0.2) is 18.2 Å². The summed E-state index contributed by atoms with van der Waals surface area (Å²) in [6.07, 6.45) is 0.606. The molecular formula is C10H9NO2. The maximum absolute atomic E-state index is 11.4. The molecule has 0 heterocycles. The number of hydrogen-bond donors (Lipinski definition) is 1. The van der Waals surface area contributed by atoms with Gasteiger partial charge in [0.15, 0.2) is 11.6 Å². The summed E-state index contributed by atoms with van der Waals surface area (Å²) >= 11 is 0. The predicted molar refractivity (Wildman–Crippen MR) is 48.7 cm³/mol. The number of ketones is 2. The van der Waals surface area contributed by atoms with E-state index in [1.165, 1.54) is 0 Å². The molecule has 2 rings (SSSR count). The van der Waals surface area contributed by atoms with E-state index >= 15 is 0 Å². The highest BCUT2D eigenvalue weighted by atomic mass is 16.1. The molecule has 1 aliphatic carbocycles. The summed E-state index contributed by atoms with van der Waals surface area (Å²) in [5.74, 6) is -0.00500. The number of benzene rings is 1. The summed E-state index contributed by atoms with van der Waals surface area (Å²) < 4.78 is 0. The number of nitrogens with two attached hydrogens (primary N) is 1. The van der Waals surface area contributed by atoms with Gasteiger partial charge in [0.25, 0.3) is 0 Å². The minimum atomic E-state index is -0.0206. The first-order valence-electron chi connectivity index (χ1n) is 4.15. The standard InChI is InChI=1S/C10H9NO2/c11-7-3-1-2-6-8(12)4-5-9(13)10(6)7/h1-3H,4-5,11H2. The van der Waals surface area contributed by atoms with Crippen LogP contribution in [0.5, 0.6) is 0 Å². The molecule has 0 fully saturated rings. The molecule has 0 aromatic heterocycles. The van der Waals surface area contributed by atoms with Gasteiger partial charge in [0, 0.05) is 24.1 Å². The van der Waals surface area contributed by atoms with Crippen LogP contribution < -0.4 is 5.73 Å². The Hall–Kier alpha value is -1.64. The first kappa shape index (κ1) is 7.98. The Kier molecular flexibility index (Phi) is 1.65. The summed E-state index contributed by atoms with van der Waals surface area (Å²) in [6.45, 7) is 0. The molecule has 0 saturated carbocycles. The lowest BCUT2D eigenvalue weighted by atomic mass is 9.88. The van der Waals surface area contributed by atoms with Gasteiger partial charge in [-0.25, -0.2) is 0 Å². The molecule has 3 nitrogen and oxygen atoms in total. The first-order valence-corrected chi connectivity index (χ1v) is 4.15. The minimum absolute atomic E-state index is 0.0156. The average molecular weight is 175 g/mol. The van der Waals surface area contributed by atoms with Crippen molar-refractivity contribution >= 4 is 17.3 Å². The molecule has 2 N–H and O–H groups in total. The van der Waals surface area contributed by atoms with Crippen molar-refractivity contribution in [3.05, 3.63) is 29.3 Å². The van der Waals surface area contributed by atoms with Crippen LogP contribution >= 0.6 is 0 Å². The zero-order chi connectivity index (χ0) is 9.42. The molecule has 0 saturated heterocycles. The Balaban J connectivity index is 2.70. The Morgan fingerprint density at radius 2 is 1.77 bits per heavy atom. The Morgan fingerprint density at radius 3 is 2.46 bits per heavy atom. The number of Topliss-reactive ketones (excluding diaryl/α,β-unsaturated/α-hetero) is 2. The van der Waals surface area contributed by atoms with Crippen LogP contribution in [0.3, 0.4) is 0 Å². The molecule has 0 atom stereocenters. The van der Waals surface area contributed by atoms with E-state index in [0.717, 1.165) is 0 Å². The monoisotopic (exact) mass is 175 g/mol. The first-order chi connectivity index (χ1) is 6.20. The summed E-state index contributed by atoms with van der Waals surface area (Å²) in [6, 6.07) is 5.01. The molecule has 0 amide bonds. The second-order valence-corrected chi connectivity index (χ2v) is 3.12. The molecule has 66 valence electrons. The van der Waals surface area contributed by atoms with E-state index in [9.17, 15) is 9.59 Å². The number of anilines is 1. The van der Waals surface area contributed by atoms with Gasteiger partial charge >= 0.3 is 0 Å². The normalized spacial score (nSPS) is 15.7. The van der Waals surface area contributed by atoms with Gasteiger partial charge in [0.1, 0.15) is 0 Å². The zero-order valence-electron chi connectivity index (χ0n) is 7.04. The predicted octanol–water partition coefficient (Wildman–Crippen LogP) is 1.43. The van der Waals surface area contributed by atoms with Crippen molar-refractivity contribution in [2.75, 3.05) is 5.73 Å². The average Bonchev–Trinajstić information content (AvgIpc) is 2.12. The highest BCUT2D eigenvalue weighted by molar-refractivity contribution is 6.16. The van der Waals surface area contributed by atoms with Gasteiger partial charge in [-0.1, -0.05) is 12.1 Å². The molecule has 0 bridgehead atoms. The molecule has 0 radical (unpaired) electrons. The highest BCUT2D eigenvalue weighted by Crippen LogP contribution is 2.25. The lowest BCUT2D eigenvalue weighted by molar-refractivity contribution is 0.0891. The number of nitrogen functional groups attached to an aromatic ring is 1. The molecule has 1 aliphatic rings. The number of rotatable bonds is 0. The third kappa shape index (κ3) is 1.13. The molecule has 1 aromatic rings. The Morgan fingerprint density at radius 1 is 1.08 bits per heavy atom. The van der Waals surface area contributed by atoms with Crippen LogP contribution in [0.4, 0.5) is 5.69 Å². The summed E-state index contributed by atoms with van der Waals surface area (Å²) in [4.78, 5) is 22.8. The fraction of sp³-hybridized carbons (Fsp3) is 0.200. The van der Waals surface area contributed by atoms with Crippen molar-refractivity contribution in [1.29, 1.82) is 0 Å². The Bertz CT molecular complexity index is 396. The molecule has 0 spiro atoms.